The van der Waals surface area contributed by atoms with Crippen molar-refractivity contribution in [2.75, 3.05) is 20.6 Å². The van der Waals surface area contributed by atoms with Gasteiger partial charge in [-0.1, -0.05) is 36.0 Å². The molecule has 0 spiro atoms. The molecule has 1 saturated carbocycles. The van der Waals surface area contributed by atoms with E-state index in [1.807, 2.05) is 4.72 Å². The number of carbonyl (C=O) groups excluding carboxylic acids is 5. The predicted molar refractivity (Wildman–Crippen MR) is 195 cm³/mol. The molecule has 0 bridgehead atoms. The fraction of sp³-hybridized carbons (Fsp3) is 0.600. The van der Waals surface area contributed by atoms with Gasteiger partial charge < -0.3 is 25.0 Å². The molecular weight excluding hydrogens is 751 g/mol. The first kappa shape index (κ1) is 40.4. The Hall–Kier alpha value is -3.82. The van der Waals surface area contributed by atoms with Crippen molar-refractivity contribution >= 4 is 63.3 Å². The second-order valence-electron chi connectivity index (χ2n) is 15.0. The van der Waals surface area contributed by atoms with Gasteiger partial charge in [-0.2, -0.15) is 12.7 Å². The van der Waals surface area contributed by atoms with Crippen LogP contribution in [0.1, 0.15) is 76.8 Å². The van der Waals surface area contributed by atoms with Crippen LogP contribution in [0.25, 0.3) is 0 Å². The highest BCUT2D eigenvalue weighted by Crippen LogP contribution is 2.45. The third kappa shape index (κ3) is 9.47. The lowest BCUT2D eigenvalue weighted by Crippen LogP contribution is -2.58. The predicted octanol–water partition coefficient (Wildman–Crippen LogP) is 3.78. The number of hydrogen-bond donors (Lipinski definition) is 3. The average Bonchev–Trinajstić information content (AvgIpc) is 3.37. The molecule has 4 aliphatic rings. The van der Waals surface area contributed by atoms with Crippen molar-refractivity contribution in [1.29, 1.82) is 0 Å². The number of nitrogens with one attached hydrogen (secondary N) is 3. The highest BCUT2D eigenvalue weighted by molar-refractivity contribution is 7.87. The van der Waals surface area contributed by atoms with Gasteiger partial charge in [0.25, 0.3) is 5.91 Å². The maximum atomic E-state index is 14.4. The van der Waals surface area contributed by atoms with Gasteiger partial charge in [0, 0.05) is 36.5 Å². The molecule has 1 aromatic rings. The first-order chi connectivity index (χ1) is 24.8. The molecule has 1 aliphatic carbocycles. The Balaban J connectivity index is 1.43. The first-order valence-corrected chi connectivity index (χ1v) is 19.7. The summed E-state index contributed by atoms with van der Waals surface area (Å²) in [5.41, 5.74) is 1.94. The van der Waals surface area contributed by atoms with E-state index in [9.17, 15) is 32.4 Å². The fourth-order valence-corrected chi connectivity index (χ4v) is 7.71. The lowest BCUT2D eigenvalue weighted by molar-refractivity contribution is -0.141. The zero-order chi connectivity index (χ0) is 38.9. The minimum Gasteiger partial charge on any atom is -0.444 e. The van der Waals surface area contributed by atoms with Gasteiger partial charge in [0.2, 0.25) is 11.8 Å². The number of ether oxygens (including phenoxy) is 2. The minimum atomic E-state index is -4.21. The normalized spacial score (nSPS) is 26.3. The Morgan fingerprint density at radius 2 is 1.72 bits per heavy atom. The van der Waals surface area contributed by atoms with Gasteiger partial charge in [-0.05, 0) is 81.9 Å². The quantitative estimate of drug-likeness (QED) is 0.374. The van der Waals surface area contributed by atoms with E-state index in [1.54, 1.807) is 45.1 Å². The van der Waals surface area contributed by atoms with Crippen LogP contribution in [0.5, 0.6) is 0 Å². The molecule has 5 rings (SSSR count). The number of alkyl carbamates (subject to hydrolysis) is 1. The summed E-state index contributed by atoms with van der Waals surface area (Å²) in [6, 6.07) is 0.943. The smallest absolute Gasteiger partial charge is 0.410 e. The van der Waals surface area contributed by atoms with E-state index in [0.29, 0.717) is 40.4 Å². The molecule has 5 amide bonds. The highest BCUT2D eigenvalue weighted by Gasteiger charge is 2.62. The lowest BCUT2D eigenvalue weighted by Gasteiger charge is -2.30. The van der Waals surface area contributed by atoms with Crippen LogP contribution in [-0.2, 0) is 47.2 Å². The molecule has 3 N–H and O–H groups in total. The number of nitrogens with zero attached hydrogens (tertiary/aromatic N) is 3. The second-order valence-corrected chi connectivity index (χ2v) is 17.7. The summed E-state index contributed by atoms with van der Waals surface area (Å²) >= 11 is 12.7. The van der Waals surface area contributed by atoms with Crippen LogP contribution in [0.15, 0.2) is 30.0 Å². The van der Waals surface area contributed by atoms with Crippen molar-refractivity contribution in [2.45, 2.75) is 108 Å². The molecule has 0 unspecified atom stereocenters. The SMILES string of the molecule is CN(C)S(=O)(=O)NC(=O)[C@@]12C[C@H]1C=C=CCCCCC[C@H](NC(=O)OC(C)(C)C)C(=O)N1C[C@H](OC(=O)N3Cc4c(Cl)ccc(Cl)c4C3)C[C@H]1C(=O)N2. The molecule has 290 valence electrons. The van der Waals surface area contributed by atoms with Crippen LogP contribution < -0.4 is 15.4 Å². The first-order valence-electron chi connectivity index (χ1n) is 17.5. The molecule has 5 atom stereocenters. The second kappa shape index (κ2) is 15.9. The third-order valence-corrected chi connectivity index (χ3v) is 11.7. The van der Waals surface area contributed by atoms with Gasteiger partial charge >= 0.3 is 22.4 Å². The lowest BCUT2D eigenvalue weighted by atomic mass is 10.0. The third-order valence-electron chi connectivity index (χ3n) is 9.60. The van der Waals surface area contributed by atoms with Crippen LogP contribution >= 0.6 is 23.2 Å². The summed E-state index contributed by atoms with van der Waals surface area (Å²) in [4.78, 5) is 71.2. The van der Waals surface area contributed by atoms with Gasteiger partial charge in [0.15, 0.2) is 0 Å². The number of benzene rings is 1. The molecule has 53 heavy (non-hydrogen) atoms. The summed E-state index contributed by atoms with van der Waals surface area (Å²) in [5, 5.41) is 6.31. The van der Waals surface area contributed by atoms with Gasteiger partial charge in [-0.15, -0.1) is 5.73 Å². The molecule has 1 aromatic carbocycles. The van der Waals surface area contributed by atoms with E-state index >= 15 is 0 Å². The summed E-state index contributed by atoms with van der Waals surface area (Å²) in [7, 11) is -1.70. The number of halogens is 2. The van der Waals surface area contributed by atoms with Gasteiger partial charge in [0.1, 0.15) is 29.3 Å². The summed E-state index contributed by atoms with van der Waals surface area (Å²) in [6.07, 6.45) is 3.79. The van der Waals surface area contributed by atoms with E-state index < -0.39 is 75.4 Å². The number of carbonyl (C=O) groups is 5. The van der Waals surface area contributed by atoms with Crippen molar-refractivity contribution in [3.05, 3.63) is 51.2 Å². The Morgan fingerprint density at radius 3 is 2.34 bits per heavy atom. The maximum Gasteiger partial charge on any atom is 0.410 e. The van der Waals surface area contributed by atoms with Crippen LogP contribution in [0.4, 0.5) is 9.59 Å². The molecule has 0 aromatic heterocycles. The zero-order valence-electron chi connectivity index (χ0n) is 30.4. The number of hydrogen-bond acceptors (Lipinski definition) is 9. The van der Waals surface area contributed by atoms with E-state index in [2.05, 4.69) is 16.4 Å². The molecule has 18 heteroatoms. The molecular formula is C35H46Cl2N6O9S. The van der Waals surface area contributed by atoms with Crippen molar-refractivity contribution in [3.8, 4) is 0 Å². The van der Waals surface area contributed by atoms with Crippen LogP contribution in [0.3, 0.4) is 0 Å². The van der Waals surface area contributed by atoms with E-state index in [0.717, 1.165) is 10.7 Å². The zero-order valence-corrected chi connectivity index (χ0v) is 32.7. The number of amides is 5. The van der Waals surface area contributed by atoms with Gasteiger partial charge in [-0.3, -0.25) is 19.3 Å². The minimum absolute atomic E-state index is 0.0803. The molecule has 1 saturated heterocycles. The average molecular weight is 798 g/mol. The number of rotatable bonds is 5. The van der Waals surface area contributed by atoms with Crippen LogP contribution in [0, 0.1) is 5.92 Å². The van der Waals surface area contributed by atoms with E-state index in [-0.39, 0.29) is 38.9 Å². The molecule has 0 radical (unpaired) electrons. The topological polar surface area (TPSA) is 184 Å². The Labute approximate surface area is 319 Å². The fourth-order valence-electron chi connectivity index (χ4n) is 6.64. The van der Waals surface area contributed by atoms with E-state index in [1.165, 1.54) is 23.9 Å². The summed E-state index contributed by atoms with van der Waals surface area (Å²) in [5.74, 6) is -2.90. The van der Waals surface area contributed by atoms with Crippen molar-refractivity contribution in [1.82, 2.24) is 29.5 Å². The Morgan fingerprint density at radius 1 is 1.06 bits per heavy atom. The highest BCUT2D eigenvalue weighted by atomic mass is 35.5. The molecule has 3 heterocycles. The largest absolute Gasteiger partial charge is 0.444 e. The van der Waals surface area contributed by atoms with Gasteiger partial charge in [-0.25, -0.2) is 14.3 Å². The molecule has 15 nitrogen and oxygen atoms in total. The molecule has 2 fully saturated rings. The van der Waals surface area contributed by atoms with Crippen LogP contribution in [0.2, 0.25) is 10.0 Å². The van der Waals surface area contributed by atoms with Crippen molar-refractivity contribution in [2.24, 2.45) is 5.92 Å². The Bertz CT molecular complexity index is 1800. The van der Waals surface area contributed by atoms with Crippen LogP contribution in [-0.4, -0.2) is 102 Å². The maximum absolute atomic E-state index is 14.4. The van der Waals surface area contributed by atoms with E-state index in [4.69, 9.17) is 32.7 Å². The Kier molecular flexibility index (Phi) is 12.1. The van der Waals surface area contributed by atoms with Crippen molar-refractivity contribution < 1.29 is 41.9 Å². The standard InChI is InChI=1S/C35H46Cl2N6O9S/c1-34(2,3)52-32(47)38-27-13-11-9-7-6-8-10-12-21-17-35(21,31(46)40-53(49,50)41(4)5)39-29(44)28-16-22(18-43(28)30(27)45)51-33(48)42-19-23-24(20-42)26(37)15-14-25(23)36/h8,12,14-15,21-22,27-28H,6-7,9,11,13,16-20H2,1-5H3,(H,38,47)(H,39,44)(H,40,46)/t10?,21-,22-,27+,28+,35-/m1/s1. The molecule has 3 aliphatic heterocycles. The monoisotopic (exact) mass is 796 g/mol. The van der Waals surface area contributed by atoms with Crippen molar-refractivity contribution in [3.63, 3.8) is 0 Å². The van der Waals surface area contributed by atoms with Gasteiger partial charge in [0.05, 0.1) is 19.6 Å². The summed E-state index contributed by atoms with van der Waals surface area (Å²) in [6.45, 7) is 5.17. The summed E-state index contributed by atoms with van der Waals surface area (Å²) < 4.78 is 39.5. The number of fused-ring (bicyclic) bond motifs is 3.